The molecule has 2 N–H and O–H groups in total. The van der Waals surface area contributed by atoms with E-state index in [0.29, 0.717) is 12.1 Å². The van der Waals surface area contributed by atoms with Gasteiger partial charge in [0.05, 0.1) is 26.9 Å². The van der Waals surface area contributed by atoms with E-state index in [2.05, 4.69) is 19.5 Å². The van der Waals surface area contributed by atoms with E-state index in [1.165, 1.54) is 6.92 Å². The number of alkyl halides is 3. The van der Waals surface area contributed by atoms with Gasteiger partial charge in [0.2, 0.25) is 0 Å². The number of hydrogen-bond acceptors (Lipinski definition) is 8. The van der Waals surface area contributed by atoms with Crippen molar-refractivity contribution in [3.8, 4) is 0 Å². The van der Waals surface area contributed by atoms with Crippen LogP contribution in [0.15, 0.2) is 24.3 Å². The van der Waals surface area contributed by atoms with Crippen molar-refractivity contribution in [2.45, 2.75) is 25.2 Å². The first-order valence-corrected chi connectivity index (χ1v) is 8.78. The molecule has 0 unspecified atom stereocenters. The molecule has 1 rings (SSSR count). The van der Waals surface area contributed by atoms with E-state index in [1.807, 2.05) is 0 Å². The Hall–Kier alpha value is -3.15. The highest BCUT2D eigenvalue weighted by atomic mass is 19.4. The van der Waals surface area contributed by atoms with Crippen molar-refractivity contribution >= 4 is 23.8 Å². The molecule has 0 aliphatic carbocycles. The van der Waals surface area contributed by atoms with Crippen LogP contribution in [0, 0.1) is 11.8 Å². The molecule has 3 atom stereocenters. The van der Waals surface area contributed by atoms with Crippen molar-refractivity contribution in [2.24, 2.45) is 11.8 Å². The van der Waals surface area contributed by atoms with Gasteiger partial charge in [0, 0.05) is 5.92 Å². The van der Waals surface area contributed by atoms with Crippen LogP contribution in [0.3, 0.4) is 0 Å². The van der Waals surface area contributed by atoms with Gasteiger partial charge < -0.3 is 24.6 Å². The molecule has 9 nitrogen and oxygen atoms in total. The van der Waals surface area contributed by atoms with Crippen molar-refractivity contribution in [2.75, 3.05) is 21.3 Å². The topological polar surface area (TPSA) is 128 Å². The summed E-state index contributed by atoms with van der Waals surface area (Å²) in [7, 11) is 3.00. The first-order valence-electron chi connectivity index (χ1n) is 8.78. The monoisotopic (exact) mass is 449 g/mol. The average Bonchev–Trinajstić information content (AvgIpc) is 2.75. The highest BCUT2D eigenvalue weighted by Gasteiger charge is 2.43. The number of hydrogen-bond donors (Lipinski definition) is 2. The maximum absolute atomic E-state index is 12.7. The standard InChI is InChI=1S/C19H22F3NO8/c1-9(12(16(26)29-2)17(27)30-3)13(18(28)31-4)23-15(25)14(24)10-5-7-11(8-6-10)19(20,21)22/h5-9,12-14,24H,1-4H3,(H,23,25)/t9-,13+,14+/m1/s1. The summed E-state index contributed by atoms with van der Waals surface area (Å²) in [5.74, 6) is -7.12. The SMILES string of the molecule is COC(=O)C(C(=O)OC)[C@@H](C)[C@H](NC(=O)[C@@H](O)c1ccc(C(F)(F)F)cc1)C(=O)OC. The number of benzene rings is 1. The van der Waals surface area contributed by atoms with Crippen LogP contribution < -0.4 is 5.32 Å². The lowest BCUT2D eigenvalue weighted by Gasteiger charge is -2.27. The molecule has 0 aromatic heterocycles. The number of ether oxygens (including phenoxy) is 3. The summed E-state index contributed by atoms with van der Waals surface area (Å²) in [6.45, 7) is 1.27. The molecule has 0 saturated heterocycles. The molecule has 12 heteroatoms. The fraction of sp³-hybridized carbons (Fsp3) is 0.474. The highest BCUT2D eigenvalue weighted by molar-refractivity contribution is 5.96. The minimum Gasteiger partial charge on any atom is -0.468 e. The highest BCUT2D eigenvalue weighted by Crippen LogP contribution is 2.30. The predicted molar refractivity (Wildman–Crippen MR) is 97.0 cm³/mol. The van der Waals surface area contributed by atoms with Gasteiger partial charge in [-0.3, -0.25) is 14.4 Å². The normalized spacial score (nSPS) is 14.2. The summed E-state index contributed by atoms with van der Waals surface area (Å²) in [5.41, 5.74) is -1.16. The van der Waals surface area contributed by atoms with Crippen LogP contribution in [0.4, 0.5) is 13.2 Å². The van der Waals surface area contributed by atoms with E-state index < -0.39 is 59.5 Å². The molecular weight excluding hydrogens is 427 g/mol. The smallest absolute Gasteiger partial charge is 0.416 e. The van der Waals surface area contributed by atoms with Gasteiger partial charge in [0.15, 0.2) is 12.0 Å². The summed E-state index contributed by atoms with van der Waals surface area (Å²) < 4.78 is 51.6. The molecule has 0 spiro atoms. The quantitative estimate of drug-likeness (QED) is 0.342. The second kappa shape index (κ2) is 10.8. The Bertz CT molecular complexity index is 793. The van der Waals surface area contributed by atoms with E-state index in [1.54, 1.807) is 0 Å². The number of amides is 1. The first kappa shape index (κ1) is 25.9. The van der Waals surface area contributed by atoms with Crippen LogP contribution in [-0.4, -0.2) is 56.3 Å². The van der Waals surface area contributed by atoms with Crippen molar-refractivity contribution in [1.82, 2.24) is 5.32 Å². The van der Waals surface area contributed by atoms with Crippen LogP contribution in [0.2, 0.25) is 0 Å². The molecule has 0 radical (unpaired) electrons. The Balaban J connectivity index is 3.13. The minimum absolute atomic E-state index is 0.181. The third-order valence-electron chi connectivity index (χ3n) is 4.52. The number of halogens is 3. The van der Waals surface area contributed by atoms with Gasteiger partial charge >= 0.3 is 24.1 Å². The molecule has 0 bridgehead atoms. The number of carbonyl (C=O) groups is 4. The fourth-order valence-electron chi connectivity index (χ4n) is 2.74. The predicted octanol–water partition coefficient (Wildman–Crippen LogP) is 0.995. The molecule has 31 heavy (non-hydrogen) atoms. The molecular formula is C19H22F3NO8. The molecule has 1 amide bonds. The molecule has 0 aliphatic rings. The van der Waals surface area contributed by atoms with Crippen molar-refractivity contribution in [1.29, 1.82) is 0 Å². The van der Waals surface area contributed by atoms with E-state index in [0.717, 1.165) is 33.5 Å². The second-order valence-corrected chi connectivity index (χ2v) is 6.41. The minimum atomic E-state index is -4.60. The fourth-order valence-corrected chi connectivity index (χ4v) is 2.74. The van der Waals surface area contributed by atoms with Gasteiger partial charge in [-0.1, -0.05) is 19.1 Å². The number of methoxy groups -OCH3 is 3. The van der Waals surface area contributed by atoms with Crippen LogP contribution in [0.25, 0.3) is 0 Å². The number of carbonyl (C=O) groups excluding carboxylic acids is 4. The second-order valence-electron chi connectivity index (χ2n) is 6.41. The van der Waals surface area contributed by atoms with Crippen LogP contribution in [-0.2, 0) is 39.6 Å². The van der Waals surface area contributed by atoms with E-state index in [9.17, 15) is 37.5 Å². The summed E-state index contributed by atoms with van der Waals surface area (Å²) in [5, 5.41) is 12.3. The maximum Gasteiger partial charge on any atom is 0.416 e. The summed E-state index contributed by atoms with van der Waals surface area (Å²) >= 11 is 0. The number of aliphatic hydroxyl groups excluding tert-OH is 1. The lowest BCUT2D eigenvalue weighted by molar-refractivity contribution is -0.164. The number of nitrogens with one attached hydrogen (secondary N) is 1. The van der Waals surface area contributed by atoms with Crippen molar-refractivity contribution in [3.63, 3.8) is 0 Å². The van der Waals surface area contributed by atoms with E-state index in [4.69, 9.17) is 0 Å². The Morgan fingerprint density at radius 3 is 1.74 bits per heavy atom. The molecule has 0 saturated carbocycles. The third-order valence-corrected chi connectivity index (χ3v) is 4.52. The van der Waals surface area contributed by atoms with Crippen LogP contribution in [0.1, 0.15) is 24.2 Å². The molecule has 0 heterocycles. The molecule has 0 aliphatic heterocycles. The third kappa shape index (κ3) is 6.41. The molecule has 1 aromatic carbocycles. The number of rotatable bonds is 8. The lowest BCUT2D eigenvalue weighted by atomic mass is 9.87. The molecule has 172 valence electrons. The zero-order valence-corrected chi connectivity index (χ0v) is 17.1. The van der Waals surface area contributed by atoms with Crippen molar-refractivity contribution in [3.05, 3.63) is 35.4 Å². The molecule has 1 aromatic rings. The van der Waals surface area contributed by atoms with Gasteiger partial charge in [0.1, 0.15) is 6.04 Å². The summed E-state index contributed by atoms with van der Waals surface area (Å²) in [4.78, 5) is 48.6. The Kier molecular flexibility index (Phi) is 8.98. The number of esters is 3. The zero-order chi connectivity index (χ0) is 23.9. The zero-order valence-electron chi connectivity index (χ0n) is 17.1. The average molecular weight is 449 g/mol. The van der Waals surface area contributed by atoms with Gasteiger partial charge in [-0.25, -0.2) is 4.79 Å². The lowest BCUT2D eigenvalue weighted by Crippen LogP contribution is -2.52. The number of aliphatic hydroxyl groups is 1. The van der Waals surface area contributed by atoms with E-state index in [-0.39, 0.29) is 5.56 Å². The largest absolute Gasteiger partial charge is 0.468 e. The Labute approximate surface area is 175 Å². The summed E-state index contributed by atoms with van der Waals surface area (Å²) in [6, 6.07) is 1.56. The van der Waals surface area contributed by atoms with Gasteiger partial charge in [-0.15, -0.1) is 0 Å². The van der Waals surface area contributed by atoms with Crippen molar-refractivity contribution < 1.29 is 51.7 Å². The Morgan fingerprint density at radius 2 is 1.35 bits per heavy atom. The van der Waals surface area contributed by atoms with Crippen LogP contribution >= 0.6 is 0 Å². The van der Waals surface area contributed by atoms with Crippen LogP contribution in [0.5, 0.6) is 0 Å². The molecule has 0 fully saturated rings. The van der Waals surface area contributed by atoms with Gasteiger partial charge in [0.25, 0.3) is 5.91 Å². The van der Waals surface area contributed by atoms with Gasteiger partial charge in [-0.05, 0) is 17.7 Å². The van der Waals surface area contributed by atoms with E-state index >= 15 is 0 Å². The first-order chi connectivity index (χ1) is 14.4. The maximum atomic E-state index is 12.7. The summed E-state index contributed by atoms with van der Waals surface area (Å²) in [6.07, 6.45) is -6.55. The Morgan fingerprint density at radius 1 is 0.903 bits per heavy atom. The van der Waals surface area contributed by atoms with Gasteiger partial charge in [-0.2, -0.15) is 13.2 Å².